The van der Waals surface area contributed by atoms with Crippen LogP contribution in [-0.2, 0) is 0 Å². The van der Waals surface area contributed by atoms with Gasteiger partial charge in [-0.25, -0.2) is 9.97 Å². The average Bonchev–Trinajstić information content (AvgIpc) is 3.25. The van der Waals surface area contributed by atoms with Crippen molar-refractivity contribution in [2.75, 3.05) is 41.3 Å². The van der Waals surface area contributed by atoms with Gasteiger partial charge >= 0.3 is 0 Å². The number of hydrogen-bond donors (Lipinski definition) is 1. The second-order valence-electron chi connectivity index (χ2n) is 7.94. The van der Waals surface area contributed by atoms with Crippen LogP contribution in [-0.4, -0.2) is 50.7 Å². The van der Waals surface area contributed by atoms with E-state index in [9.17, 15) is 0 Å². The first-order chi connectivity index (χ1) is 15.2. The Labute approximate surface area is 181 Å². The first-order valence-electron chi connectivity index (χ1n) is 10.7. The van der Waals surface area contributed by atoms with Gasteiger partial charge in [-0.3, -0.25) is 0 Å². The molecule has 1 fully saturated rings. The zero-order valence-electron chi connectivity index (χ0n) is 17.8. The standard InChI is InChI=1S/C23H26N8/c1-17(2)31-16-25-20-21(26-18-8-4-3-5-9-18)27-23(28-22(20)31)30-14-12-29(13-15-30)19-10-6-7-11-24-19/h3-11,16-17H,12-15H2,1-2H3,(H,26,27,28). The van der Waals surface area contributed by atoms with Gasteiger partial charge in [0, 0.05) is 44.1 Å². The van der Waals surface area contributed by atoms with Crippen LogP contribution in [0.25, 0.3) is 11.2 Å². The third kappa shape index (κ3) is 3.88. The molecule has 0 spiro atoms. The summed E-state index contributed by atoms with van der Waals surface area (Å²) in [6, 6.07) is 16.4. The molecule has 0 saturated carbocycles. The second kappa shape index (κ2) is 8.22. The molecule has 0 radical (unpaired) electrons. The zero-order chi connectivity index (χ0) is 21.2. The molecular weight excluding hydrogens is 388 g/mol. The fraction of sp³-hybridized carbons (Fsp3) is 0.304. The van der Waals surface area contributed by atoms with E-state index in [1.165, 1.54) is 0 Å². The summed E-state index contributed by atoms with van der Waals surface area (Å²) in [5.74, 6) is 2.48. The molecule has 0 aliphatic carbocycles. The van der Waals surface area contributed by atoms with Crippen molar-refractivity contribution in [2.24, 2.45) is 0 Å². The van der Waals surface area contributed by atoms with Crippen LogP contribution in [0, 0.1) is 0 Å². The summed E-state index contributed by atoms with van der Waals surface area (Å²) in [5.41, 5.74) is 2.62. The van der Waals surface area contributed by atoms with Gasteiger partial charge in [0.05, 0.1) is 6.33 Å². The normalized spacial score (nSPS) is 14.4. The first kappa shape index (κ1) is 19.3. The Hall–Kier alpha value is -3.68. The lowest BCUT2D eigenvalue weighted by atomic mass is 10.3. The molecule has 4 aromatic rings. The predicted molar refractivity (Wildman–Crippen MR) is 124 cm³/mol. The maximum Gasteiger partial charge on any atom is 0.229 e. The molecule has 1 aliphatic heterocycles. The number of hydrogen-bond acceptors (Lipinski definition) is 7. The van der Waals surface area contributed by atoms with Gasteiger partial charge < -0.3 is 19.7 Å². The largest absolute Gasteiger partial charge is 0.353 e. The van der Waals surface area contributed by atoms with Crippen LogP contribution in [0.4, 0.5) is 23.3 Å². The number of imidazole rings is 1. The van der Waals surface area contributed by atoms with Crippen molar-refractivity contribution in [3.8, 4) is 0 Å². The van der Waals surface area contributed by atoms with E-state index >= 15 is 0 Å². The second-order valence-corrected chi connectivity index (χ2v) is 7.94. The summed E-state index contributed by atoms with van der Waals surface area (Å²) in [6.45, 7) is 7.70. The molecule has 0 amide bonds. The number of aromatic nitrogens is 5. The molecule has 0 bridgehead atoms. The zero-order valence-corrected chi connectivity index (χ0v) is 17.8. The molecule has 3 aromatic heterocycles. The summed E-state index contributed by atoms with van der Waals surface area (Å²) in [7, 11) is 0. The molecule has 1 N–H and O–H groups in total. The third-order valence-electron chi connectivity index (χ3n) is 5.54. The first-order valence-corrected chi connectivity index (χ1v) is 10.7. The Bertz CT molecular complexity index is 1150. The van der Waals surface area contributed by atoms with Crippen molar-refractivity contribution >= 4 is 34.4 Å². The molecule has 158 valence electrons. The van der Waals surface area contributed by atoms with E-state index in [2.05, 4.69) is 49.6 Å². The lowest BCUT2D eigenvalue weighted by Crippen LogP contribution is -2.47. The fourth-order valence-corrected chi connectivity index (χ4v) is 3.85. The van der Waals surface area contributed by atoms with E-state index in [4.69, 9.17) is 9.97 Å². The van der Waals surface area contributed by atoms with Crippen LogP contribution in [0.5, 0.6) is 0 Å². The number of anilines is 4. The summed E-state index contributed by atoms with van der Waals surface area (Å²) in [5, 5.41) is 3.44. The maximum atomic E-state index is 4.92. The molecule has 4 heterocycles. The molecule has 1 saturated heterocycles. The van der Waals surface area contributed by atoms with E-state index in [-0.39, 0.29) is 6.04 Å². The minimum Gasteiger partial charge on any atom is -0.353 e. The highest BCUT2D eigenvalue weighted by molar-refractivity contribution is 5.86. The lowest BCUT2D eigenvalue weighted by molar-refractivity contribution is 0.609. The Balaban J connectivity index is 1.46. The minimum absolute atomic E-state index is 0.262. The highest BCUT2D eigenvalue weighted by Crippen LogP contribution is 2.27. The number of pyridine rings is 1. The Morgan fingerprint density at radius 3 is 2.29 bits per heavy atom. The van der Waals surface area contributed by atoms with Gasteiger partial charge in [-0.15, -0.1) is 0 Å². The van der Waals surface area contributed by atoms with Crippen LogP contribution in [0.1, 0.15) is 19.9 Å². The summed E-state index contributed by atoms with van der Waals surface area (Å²) < 4.78 is 2.10. The van der Waals surface area contributed by atoms with Gasteiger partial charge in [-0.2, -0.15) is 9.97 Å². The van der Waals surface area contributed by atoms with Gasteiger partial charge in [0.15, 0.2) is 17.0 Å². The Morgan fingerprint density at radius 1 is 0.839 bits per heavy atom. The van der Waals surface area contributed by atoms with E-state index in [1.54, 1.807) is 0 Å². The van der Waals surface area contributed by atoms with Crippen LogP contribution >= 0.6 is 0 Å². The van der Waals surface area contributed by atoms with Crippen molar-refractivity contribution in [1.29, 1.82) is 0 Å². The predicted octanol–water partition coefficient (Wildman–Crippen LogP) is 3.87. The SMILES string of the molecule is CC(C)n1cnc2c(Nc3ccccc3)nc(N3CCN(c4ccccn4)CC3)nc21. The molecule has 8 heteroatoms. The van der Waals surface area contributed by atoms with Crippen molar-refractivity contribution in [2.45, 2.75) is 19.9 Å². The number of piperazine rings is 1. The number of nitrogens with one attached hydrogen (secondary N) is 1. The molecule has 1 aliphatic rings. The summed E-state index contributed by atoms with van der Waals surface area (Å²) in [4.78, 5) is 23.4. The summed E-state index contributed by atoms with van der Waals surface area (Å²) in [6.07, 6.45) is 3.69. The van der Waals surface area contributed by atoms with E-state index in [0.29, 0.717) is 0 Å². The van der Waals surface area contributed by atoms with E-state index in [1.807, 2.05) is 55.0 Å². The highest BCUT2D eigenvalue weighted by atomic mass is 15.3. The van der Waals surface area contributed by atoms with Crippen molar-refractivity contribution in [3.05, 3.63) is 61.1 Å². The van der Waals surface area contributed by atoms with Crippen LogP contribution in [0.3, 0.4) is 0 Å². The Morgan fingerprint density at radius 2 is 1.58 bits per heavy atom. The topological polar surface area (TPSA) is 75.0 Å². The average molecular weight is 415 g/mol. The maximum absolute atomic E-state index is 4.92. The van der Waals surface area contributed by atoms with Gasteiger partial charge in [-0.05, 0) is 38.1 Å². The van der Waals surface area contributed by atoms with Gasteiger partial charge in [-0.1, -0.05) is 24.3 Å². The van der Waals surface area contributed by atoms with Crippen molar-refractivity contribution in [3.63, 3.8) is 0 Å². The van der Waals surface area contributed by atoms with Gasteiger partial charge in [0.2, 0.25) is 5.95 Å². The molecular formula is C23H26N8. The molecule has 31 heavy (non-hydrogen) atoms. The molecule has 5 rings (SSSR count). The van der Waals surface area contributed by atoms with Gasteiger partial charge in [0.1, 0.15) is 5.82 Å². The van der Waals surface area contributed by atoms with Crippen LogP contribution < -0.4 is 15.1 Å². The Kier molecular flexibility index (Phi) is 5.11. The fourth-order valence-electron chi connectivity index (χ4n) is 3.85. The number of rotatable bonds is 5. The number of para-hydroxylation sites is 1. The monoisotopic (exact) mass is 414 g/mol. The smallest absolute Gasteiger partial charge is 0.229 e. The van der Waals surface area contributed by atoms with Crippen LogP contribution in [0.15, 0.2) is 61.1 Å². The summed E-state index contributed by atoms with van der Waals surface area (Å²) >= 11 is 0. The lowest BCUT2D eigenvalue weighted by Gasteiger charge is -2.35. The third-order valence-corrected chi connectivity index (χ3v) is 5.54. The van der Waals surface area contributed by atoms with Gasteiger partial charge in [0.25, 0.3) is 0 Å². The molecule has 0 atom stereocenters. The molecule has 1 aromatic carbocycles. The number of benzene rings is 1. The van der Waals surface area contributed by atoms with E-state index in [0.717, 1.165) is 60.6 Å². The van der Waals surface area contributed by atoms with E-state index < -0.39 is 0 Å². The highest BCUT2D eigenvalue weighted by Gasteiger charge is 2.23. The van der Waals surface area contributed by atoms with Crippen molar-refractivity contribution in [1.82, 2.24) is 24.5 Å². The quantitative estimate of drug-likeness (QED) is 0.531. The van der Waals surface area contributed by atoms with Crippen LogP contribution in [0.2, 0.25) is 0 Å². The number of fused-ring (bicyclic) bond motifs is 1. The minimum atomic E-state index is 0.262. The molecule has 8 nitrogen and oxygen atoms in total. The molecule has 0 unspecified atom stereocenters. The van der Waals surface area contributed by atoms with Crippen molar-refractivity contribution < 1.29 is 0 Å². The number of nitrogens with zero attached hydrogens (tertiary/aromatic N) is 7.